The van der Waals surface area contributed by atoms with Crippen molar-refractivity contribution in [2.24, 2.45) is 0 Å². The van der Waals surface area contributed by atoms with Crippen molar-refractivity contribution in [3.8, 4) is 0 Å². The molecule has 11 heteroatoms. The lowest BCUT2D eigenvalue weighted by Crippen LogP contribution is -2.21. The second-order valence-corrected chi connectivity index (χ2v) is 5.85. The largest absolute Gasteiger partial charge is 0.387 e. The summed E-state index contributed by atoms with van der Waals surface area (Å²) in [6.45, 7) is 0. The molecule has 140 valence electrons. The van der Waals surface area contributed by atoms with Gasteiger partial charge >= 0.3 is 0 Å². The quantitative estimate of drug-likeness (QED) is 0.440. The zero-order valence-corrected chi connectivity index (χ0v) is 15.0. The third-order valence-corrected chi connectivity index (χ3v) is 4.18. The molecule has 27 heavy (non-hydrogen) atoms. The minimum absolute atomic E-state index is 0.0343. The number of benzene rings is 1. The Bertz CT molecular complexity index is 1040. The van der Waals surface area contributed by atoms with Crippen molar-refractivity contribution in [2.45, 2.75) is 0 Å². The van der Waals surface area contributed by atoms with Gasteiger partial charge in [0.1, 0.15) is 17.0 Å². The Balaban J connectivity index is 2.12. The van der Waals surface area contributed by atoms with Crippen LogP contribution in [0.25, 0.3) is 11.2 Å². The maximum Gasteiger partial charge on any atom is 0.278 e. The number of hydrogen-bond donors (Lipinski definition) is 3. The molecule has 1 amide bonds. The molecule has 0 spiro atoms. The number of rotatable bonds is 6. The first kappa shape index (κ1) is 18.7. The smallest absolute Gasteiger partial charge is 0.278 e. The summed E-state index contributed by atoms with van der Waals surface area (Å²) in [6, 6.07) is 3.92. The second-order valence-electron chi connectivity index (χ2n) is 5.32. The number of aromatic nitrogens is 3. The maximum atomic E-state index is 13.4. The summed E-state index contributed by atoms with van der Waals surface area (Å²) >= 11 is -0.139. The average molecular weight is 392 g/mol. The molecule has 0 fully saturated rings. The summed E-state index contributed by atoms with van der Waals surface area (Å²) in [5.74, 6) is -1.08. The number of carbonyl (C=O) groups is 1. The first-order valence-corrected chi connectivity index (χ1v) is 8.24. The summed E-state index contributed by atoms with van der Waals surface area (Å²) in [5.41, 5.74) is 3.29. The maximum absolute atomic E-state index is 13.4. The van der Waals surface area contributed by atoms with E-state index in [-0.39, 0.29) is 40.5 Å². The van der Waals surface area contributed by atoms with Crippen molar-refractivity contribution < 1.29 is 17.9 Å². The predicted molar refractivity (Wildman–Crippen MR) is 98.0 cm³/mol. The first-order chi connectivity index (χ1) is 13.0. The highest BCUT2D eigenvalue weighted by atomic mass is 32.2. The molecule has 0 radical (unpaired) electrons. The van der Waals surface area contributed by atoms with Crippen LogP contribution in [0.2, 0.25) is 0 Å². The number of nitrogens with one attached hydrogen (secondary N) is 3. The number of halogens is 2. The van der Waals surface area contributed by atoms with Gasteiger partial charge < -0.3 is 5.32 Å². The third-order valence-electron chi connectivity index (χ3n) is 3.75. The number of carbonyl (C=O) groups excluding carboxylic acids is 1. The number of anilines is 1. The number of hydroxylamine groups is 1. The standard InChI is InChI=1S/C16H14F2N6O2S/c1-20-11-5-8(17)3-4-9(11)13(19)12-6-21-15-14(22-12)10(7-24(15)27-18)16(25)23-26-2/h3-7,19-20H,1-2H3,(H,23,25). The average Bonchev–Trinajstić information content (AvgIpc) is 3.05. The molecule has 3 N–H and O–H groups in total. The second kappa shape index (κ2) is 7.68. The highest BCUT2D eigenvalue weighted by Crippen LogP contribution is 2.25. The molecule has 3 rings (SSSR count). The Morgan fingerprint density at radius 3 is 2.81 bits per heavy atom. The Kier molecular flexibility index (Phi) is 5.33. The fourth-order valence-corrected chi connectivity index (χ4v) is 2.87. The zero-order chi connectivity index (χ0) is 19.6. The van der Waals surface area contributed by atoms with E-state index in [9.17, 15) is 13.1 Å². The SMILES string of the molecule is CNc1cc(F)ccc1C(=N)c1cnc2c(n1)c(C(=O)NOC)cn2SF. The molecule has 0 saturated carbocycles. The van der Waals surface area contributed by atoms with Crippen LogP contribution in [0, 0.1) is 11.2 Å². The van der Waals surface area contributed by atoms with Gasteiger partial charge in [-0.25, -0.2) is 23.8 Å². The molecular weight excluding hydrogens is 378 g/mol. The van der Waals surface area contributed by atoms with Crippen LogP contribution < -0.4 is 10.8 Å². The fourth-order valence-electron chi connectivity index (χ4n) is 2.53. The predicted octanol–water partition coefficient (Wildman–Crippen LogP) is 2.70. The van der Waals surface area contributed by atoms with Crippen LogP contribution in [0.1, 0.15) is 21.6 Å². The Labute approximate surface area is 156 Å². The zero-order valence-electron chi connectivity index (χ0n) is 14.2. The summed E-state index contributed by atoms with van der Waals surface area (Å²) in [7, 11) is 2.87. The van der Waals surface area contributed by atoms with E-state index in [1.54, 1.807) is 7.05 Å². The molecule has 0 saturated heterocycles. The van der Waals surface area contributed by atoms with Gasteiger partial charge in [-0.05, 0) is 18.2 Å². The minimum Gasteiger partial charge on any atom is -0.387 e. The van der Waals surface area contributed by atoms with Gasteiger partial charge in [-0.1, -0.05) is 0 Å². The lowest BCUT2D eigenvalue weighted by Gasteiger charge is -2.10. The summed E-state index contributed by atoms with van der Waals surface area (Å²) in [5, 5.41) is 11.2. The summed E-state index contributed by atoms with van der Waals surface area (Å²) in [6.07, 6.45) is 2.52. The molecular formula is C16H14F2N6O2S. The molecule has 8 nitrogen and oxygen atoms in total. The monoisotopic (exact) mass is 392 g/mol. The Hall–Kier alpha value is -3.05. The first-order valence-electron chi connectivity index (χ1n) is 7.57. The van der Waals surface area contributed by atoms with Crippen molar-refractivity contribution in [1.82, 2.24) is 19.4 Å². The van der Waals surface area contributed by atoms with Gasteiger partial charge in [0.2, 0.25) is 0 Å². The molecule has 1 aromatic carbocycles. The van der Waals surface area contributed by atoms with E-state index in [4.69, 9.17) is 5.41 Å². The van der Waals surface area contributed by atoms with Gasteiger partial charge in [0.25, 0.3) is 5.91 Å². The number of hydrogen-bond acceptors (Lipinski definition) is 7. The van der Waals surface area contributed by atoms with Crippen molar-refractivity contribution in [2.75, 3.05) is 19.5 Å². The van der Waals surface area contributed by atoms with E-state index in [1.807, 2.05) is 0 Å². The van der Waals surface area contributed by atoms with Crippen LogP contribution in [0.4, 0.5) is 14.0 Å². The number of amides is 1. The third kappa shape index (κ3) is 3.46. The highest BCUT2D eigenvalue weighted by molar-refractivity contribution is 7.92. The number of nitrogens with zero attached hydrogens (tertiary/aromatic N) is 3. The van der Waals surface area contributed by atoms with Crippen LogP contribution in [-0.2, 0) is 4.84 Å². The van der Waals surface area contributed by atoms with E-state index in [2.05, 4.69) is 25.6 Å². The molecule has 0 unspecified atom stereocenters. The molecule has 3 aromatic rings. The lowest BCUT2D eigenvalue weighted by molar-refractivity contribution is 0.0539. The van der Waals surface area contributed by atoms with Gasteiger partial charge in [0.15, 0.2) is 18.0 Å². The topological polar surface area (TPSA) is 105 Å². The normalized spacial score (nSPS) is 10.8. The van der Waals surface area contributed by atoms with E-state index < -0.39 is 11.7 Å². The number of fused-ring (bicyclic) bond motifs is 1. The van der Waals surface area contributed by atoms with E-state index in [0.29, 0.717) is 11.3 Å². The Morgan fingerprint density at radius 2 is 2.15 bits per heavy atom. The molecule has 0 aliphatic carbocycles. The van der Waals surface area contributed by atoms with Crippen LogP contribution in [-0.4, -0.2) is 39.7 Å². The van der Waals surface area contributed by atoms with Crippen molar-refractivity contribution in [3.63, 3.8) is 0 Å². The van der Waals surface area contributed by atoms with Gasteiger partial charge in [0.05, 0.1) is 24.6 Å². The van der Waals surface area contributed by atoms with Gasteiger partial charge in [-0.3, -0.25) is 15.0 Å². The van der Waals surface area contributed by atoms with E-state index >= 15 is 0 Å². The van der Waals surface area contributed by atoms with Gasteiger partial charge in [-0.15, -0.1) is 3.89 Å². The molecule has 0 bridgehead atoms. The van der Waals surface area contributed by atoms with E-state index in [0.717, 1.165) is 3.97 Å². The highest BCUT2D eigenvalue weighted by Gasteiger charge is 2.21. The summed E-state index contributed by atoms with van der Waals surface area (Å²) < 4.78 is 27.6. The van der Waals surface area contributed by atoms with Gasteiger partial charge in [0, 0.05) is 24.5 Å². The molecule has 0 atom stereocenters. The molecule has 0 aliphatic rings. The molecule has 0 aliphatic heterocycles. The Morgan fingerprint density at radius 1 is 1.37 bits per heavy atom. The summed E-state index contributed by atoms with van der Waals surface area (Å²) in [4.78, 5) is 25.1. The van der Waals surface area contributed by atoms with Crippen LogP contribution >= 0.6 is 12.3 Å². The molecule has 2 aromatic heterocycles. The van der Waals surface area contributed by atoms with Crippen molar-refractivity contribution >= 4 is 40.8 Å². The van der Waals surface area contributed by atoms with Crippen LogP contribution in [0.15, 0.2) is 30.6 Å². The lowest BCUT2D eigenvalue weighted by atomic mass is 10.1. The minimum atomic E-state index is -0.633. The molecule has 2 heterocycles. The van der Waals surface area contributed by atoms with Crippen LogP contribution in [0.5, 0.6) is 0 Å². The van der Waals surface area contributed by atoms with E-state index in [1.165, 1.54) is 37.7 Å². The fraction of sp³-hybridized carbons (Fsp3) is 0.125. The van der Waals surface area contributed by atoms with Crippen molar-refractivity contribution in [1.29, 1.82) is 5.41 Å². The van der Waals surface area contributed by atoms with Crippen molar-refractivity contribution in [3.05, 3.63) is 53.2 Å². The van der Waals surface area contributed by atoms with Crippen LogP contribution in [0.3, 0.4) is 0 Å². The van der Waals surface area contributed by atoms with Gasteiger partial charge in [-0.2, -0.15) is 0 Å².